The maximum atomic E-state index is 13.7. The zero-order chi connectivity index (χ0) is 15.6. The van der Waals surface area contributed by atoms with Gasteiger partial charge in [0.25, 0.3) is 5.91 Å². The van der Waals surface area contributed by atoms with Gasteiger partial charge in [-0.05, 0) is 19.1 Å². The third kappa shape index (κ3) is 3.36. The fraction of sp³-hybridized carbons (Fsp3) is 0.429. The number of hydrogen-bond acceptors (Lipinski definition) is 3. The first-order chi connectivity index (χ1) is 9.91. The first-order valence-electron chi connectivity index (χ1n) is 6.68. The lowest BCUT2D eigenvalue weighted by Crippen LogP contribution is -2.54. The average Bonchev–Trinajstić information content (AvgIpc) is 2.48. The van der Waals surface area contributed by atoms with Gasteiger partial charge in [0.05, 0.1) is 16.6 Å². The van der Waals surface area contributed by atoms with Gasteiger partial charge in [-0.1, -0.05) is 18.3 Å². The van der Waals surface area contributed by atoms with Crippen LogP contribution in [0.15, 0.2) is 18.2 Å². The third-order valence-electron chi connectivity index (χ3n) is 3.74. The number of rotatable bonds is 3. The number of carbonyl (C=O) groups is 1. The Hall–Kier alpha value is -1.60. The number of piperazine rings is 1. The highest BCUT2D eigenvalue weighted by Gasteiger charge is 2.27. The highest BCUT2D eigenvalue weighted by molar-refractivity contribution is 7.80. The summed E-state index contributed by atoms with van der Waals surface area (Å²) in [6.45, 7) is 3.97. The second-order valence-electron chi connectivity index (χ2n) is 5.01. The van der Waals surface area contributed by atoms with E-state index in [4.69, 9.17) is 18.0 Å². The molecule has 1 saturated heterocycles. The summed E-state index contributed by atoms with van der Waals surface area (Å²) in [5.74, 6) is -2.60. The van der Waals surface area contributed by atoms with Crippen molar-refractivity contribution in [2.45, 2.75) is 13.0 Å². The Bertz CT molecular complexity index is 559. The summed E-state index contributed by atoms with van der Waals surface area (Å²) in [6.07, 6.45) is 0. The van der Waals surface area contributed by atoms with Crippen LogP contribution in [-0.4, -0.2) is 52.9 Å². The number of halogens is 2. The lowest BCUT2D eigenvalue weighted by atomic mass is 10.1. The highest BCUT2D eigenvalue weighted by atomic mass is 32.1. The fourth-order valence-corrected chi connectivity index (χ4v) is 2.48. The largest absolute Gasteiger partial charge is 0.392 e. The SMILES string of the molecule is CC(C(N)=S)N1CCN(C(=O)c2cccc(F)c2F)CC1. The molecule has 0 saturated carbocycles. The standard InChI is InChI=1S/C14H17F2N3OS/c1-9(13(17)21)18-5-7-19(8-6-18)14(20)10-3-2-4-11(15)12(10)16/h2-4,9H,5-8H2,1H3,(H2,17,21). The molecule has 0 aromatic heterocycles. The number of benzene rings is 1. The highest BCUT2D eigenvalue weighted by Crippen LogP contribution is 2.16. The molecule has 1 aliphatic heterocycles. The van der Waals surface area contributed by atoms with Gasteiger partial charge in [-0.15, -0.1) is 0 Å². The normalized spacial score (nSPS) is 17.6. The topological polar surface area (TPSA) is 49.6 Å². The Morgan fingerprint density at radius 1 is 1.29 bits per heavy atom. The molecule has 1 aliphatic rings. The maximum Gasteiger partial charge on any atom is 0.257 e. The van der Waals surface area contributed by atoms with Crippen LogP contribution in [0.25, 0.3) is 0 Å². The monoisotopic (exact) mass is 313 g/mol. The molecule has 0 bridgehead atoms. The second-order valence-corrected chi connectivity index (χ2v) is 5.48. The van der Waals surface area contributed by atoms with Gasteiger partial charge >= 0.3 is 0 Å². The average molecular weight is 313 g/mol. The molecular formula is C14H17F2N3OS. The van der Waals surface area contributed by atoms with Gasteiger partial charge in [-0.3, -0.25) is 9.69 Å². The Kier molecular flexibility index (Phi) is 4.84. The molecule has 1 fully saturated rings. The van der Waals surface area contributed by atoms with Crippen molar-refractivity contribution < 1.29 is 13.6 Å². The summed E-state index contributed by atoms with van der Waals surface area (Å²) in [7, 11) is 0. The number of amides is 1. The Morgan fingerprint density at radius 3 is 2.48 bits per heavy atom. The molecule has 1 aromatic rings. The van der Waals surface area contributed by atoms with Gasteiger partial charge in [0.2, 0.25) is 0 Å². The minimum Gasteiger partial charge on any atom is -0.392 e. The van der Waals surface area contributed by atoms with Gasteiger partial charge < -0.3 is 10.6 Å². The zero-order valence-electron chi connectivity index (χ0n) is 11.7. The Labute approximate surface area is 127 Å². The molecule has 1 amide bonds. The predicted molar refractivity (Wildman–Crippen MR) is 80.1 cm³/mol. The Balaban J connectivity index is 2.04. The summed E-state index contributed by atoms with van der Waals surface area (Å²) in [6, 6.07) is 3.58. The van der Waals surface area contributed by atoms with Crippen LogP contribution in [0.3, 0.4) is 0 Å². The molecule has 0 aliphatic carbocycles. The van der Waals surface area contributed by atoms with Crippen molar-refractivity contribution in [3.8, 4) is 0 Å². The van der Waals surface area contributed by atoms with E-state index >= 15 is 0 Å². The minimum absolute atomic E-state index is 0.0387. The van der Waals surface area contributed by atoms with Crippen molar-refractivity contribution in [2.24, 2.45) is 5.73 Å². The quantitative estimate of drug-likeness (QED) is 0.857. The van der Waals surface area contributed by atoms with Gasteiger partial charge in [0, 0.05) is 26.2 Å². The van der Waals surface area contributed by atoms with E-state index in [9.17, 15) is 13.6 Å². The molecular weight excluding hydrogens is 296 g/mol. The molecule has 4 nitrogen and oxygen atoms in total. The third-order valence-corrected chi connectivity index (χ3v) is 4.08. The van der Waals surface area contributed by atoms with E-state index in [1.165, 1.54) is 17.0 Å². The second kappa shape index (κ2) is 6.44. The minimum atomic E-state index is -1.10. The molecule has 1 unspecified atom stereocenters. The van der Waals surface area contributed by atoms with Crippen LogP contribution < -0.4 is 5.73 Å². The molecule has 7 heteroatoms. The molecule has 21 heavy (non-hydrogen) atoms. The van der Waals surface area contributed by atoms with Crippen molar-refractivity contribution >= 4 is 23.1 Å². The van der Waals surface area contributed by atoms with E-state index < -0.39 is 17.5 Å². The van der Waals surface area contributed by atoms with Crippen LogP contribution in [-0.2, 0) is 0 Å². The lowest BCUT2D eigenvalue weighted by molar-refractivity contribution is 0.0616. The van der Waals surface area contributed by atoms with E-state index in [2.05, 4.69) is 4.90 Å². The summed E-state index contributed by atoms with van der Waals surface area (Å²) in [5.41, 5.74) is 5.38. The van der Waals surface area contributed by atoms with Gasteiger partial charge in [-0.2, -0.15) is 0 Å². The van der Waals surface area contributed by atoms with Crippen LogP contribution in [0.4, 0.5) is 8.78 Å². The summed E-state index contributed by atoms with van der Waals surface area (Å²) >= 11 is 4.95. The van der Waals surface area contributed by atoms with Crippen molar-refractivity contribution in [3.63, 3.8) is 0 Å². The van der Waals surface area contributed by atoms with Crippen LogP contribution in [0.2, 0.25) is 0 Å². The van der Waals surface area contributed by atoms with Crippen molar-refractivity contribution in [2.75, 3.05) is 26.2 Å². The number of carbonyl (C=O) groups excluding carboxylic acids is 1. The predicted octanol–water partition coefficient (Wildman–Crippen LogP) is 1.40. The van der Waals surface area contributed by atoms with E-state index in [0.29, 0.717) is 31.2 Å². The lowest BCUT2D eigenvalue weighted by Gasteiger charge is -2.37. The van der Waals surface area contributed by atoms with Crippen molar-refractivity contribution in [1.82, 2.24) is 9.80 Å². The number of nitrogens with two attached hydrogens (primary N) is 1. The van der Waals surface area contributed by atoms with Crippen molar-refractivity contribution in [3.05, 3.63) is 35.4 Å². The van der Waals surface area contributed by atoms with Gasteiger partial charge in [-0.25, -0.2) is 8.78 Å². The summed E-state index contributed by atoms with van der Waals surface area (Å²) < 4.78 is 26.8. The smallest absolute Gasteiger partial charge is 0.257 e. The van der Waals surface area contributed by atoms with Crippen molar-refractivity contribution in [1.29, 1.82) is 0 Å². The molecule has 2 rings (SSSR count). The van der Waals surface area contributed by atoms with E-state index in [0.717, 1.165) is 6.07 Å². The summed E-state index contributed by atoms with van der Waals surface area (Å²) in [5, 5.41) is 0. The van der Waals surface area contributed by atoms with E-state index in [1.807, 2.05) is 6.92 Å². The molecule has 2 N–H and O–H groups in total. The molecule has 1 aromatic carbocycles. The molecule has 0 spiro atoms. The van der Waals surface area contributed by atoms with E-state index in [1.54, 1.807) is 0 Å². The van der Waals surface area contributed by atoms with Crippen LogP contribution >= 0.6 is 12.2 Å². The van der Waals surface area contributed by atoms with Gasteiger partial charge in [0.15, 0.2) is 11.6 Å². The first-order valence-corrected chi connectivity index (χ1v) is 7.09. The maximum absolute atomic E-state index is 13.7. The zero-order valence-corrected chi connectivity index (χ0v) is 12.5. The Morgan fingerprint density at radius 2 is 1.90 bits per heavy atom. The number of thiocarbonyl (C=S) groups is 1. The molecule has 114 valence electrons. The van der Waals surface area contributed by atoms with Crippen LogP contribution in [0.5, 0.6) is 0 Å². The molecule has 1 heterocycles. The van der Waals surface area contributed by atoms with Crippen LogP contribution in [0.1, 0.15) is 17.3 Å². The van der Waals surface area contributed by atoms with Gasteiger partial charge in [0.1, 0.15) is 0 Å². The fourth-order valence-electron chi connectivity index (χ4n) is 2.33. The van der Waals surface area contributed by atoms with E-state index in [-0.39, 0.29) is 11.6 Å². The number of hydrogen-bond donors (Lipinski definition) is 1. The summed E-state index contributed by atoms with van der Waals surface area (Å²) in [4.78, 5) is 16.2. The number of nitrogens with zero attached hydrogens (tertiary/aromatic N) is 2. The molecule has 0 radical (unpaired) electrons. The first kappa shape index (κ1) is 15.8. The molecule has 1 atom stereocenters. The van der Waals surface area contributed by atoms with Crippen LogP contribution in [0, 0.1) is 11.6 Å².